The molecule has 0 spiro atoms. The molecule has 78 valence electrons. The molecule has 1 saturated heterocycles. The highest BCUT2D eigenvalue weighted by Gasteiger charge is 2.34. The third-order valence-corrected chi connectivity index (χ3v) is 4.20. The van der Waals surface area contributed by atoms with E-state index in [2.05, 4.69) is 5.38 Å². The summed E-state index contributed by atoms with van der Waals surface area (Å²) in [4.78, 5) is 0. The van der Waals surface area contributed by atoms with Gasteiger partial charge >= 0.3 is 0 Å². The number of alkyl halides is 1. The maximum Gasteiger partial charge on any atom is 0.0931 e. The fraction of sp³-hybridized carbons (Fsp3) is 0.600. The zero-order chi connectivity index (χ0) is 10.0. The molecule has 1 atom stereocenters. The fourth-order valence-corrected chi connectivity index (χ4v) is 3.07. The summed E-state index contributed by atoms with van der Waals surface area (Å²) in [7, 11) is 0. The van der Waals surface area contributed by atoms with Gasteiger partial charge in [0.2, 0.25) is 0 Å². The Hall–Kier alpha value is 0.240. The zero-order valence-electron chi connectivity index (χ0n) is 7.76. The largest absolute Gasteiger partial charge is 0.373 e. The number of ether oxygens (including phenoxy) is 1. The van der Waals surface area contributed by atoms with E-state index in [0.29, 0.717) is 5.88 Å². The van der Waals surface area contributed by atoms with E-state index in [1.165, 1.54) is 5.56 Å². The van der Waals surface area contributed by atoms with E-state index in [0.717, 1.165) is 30.2 Å². The Morgan fingerprint density at radius 2 is 2.43 bits per heavy atom. The van der Waals surface area contributed by atoms with Crippen LogP contribution >= 0.6 is 34.5 Å². The van der Waals surface area contributed by atoms with Gasteiger partial charge in [-0.25, -0.2) is 0 Å². The van der Waals surface area contributed by atoms with Crippen molar-refractivity contribution in [3.63, 3.8) is 0 Å². The van der Waals surface area contributed by atoms with Crippen molar-refractivity contribution in [3.8, 4) is 0 Å². The molecule has 0 amide bonds. The first-order valence-electron chi connectivity index (χ1n) is 4.67. The third-order valence-electron chi connectivity index (χ3n) is 2.58. The lowest BCUT2D eigenvalue weighted by atomic mass is 9.95. The maximum absolute atomic E-state index is 5.97. The molecule has 0 N–H and O–H groups in total. The highest BCUT2D eigenvalue weighted by atomic mass is 35.5. The summed E-state index contributed by atoms with van der Waals surface area (Å²) < 4.78 is 6.57. The molecule has 1 aromatic heterocycles. The fourth-order valence-electron chi connectivity index (χ4n) is 1.86. The summed E-state index contributed by atoms with van der Waals surface area (Å²) in [5.41, 5.74) is 1.11. The first kappa shape index (κ1) is 10.7. The van der Waals surface area contributed by atoms with Gasteiger partial charge in [0.05, 0.1) is 15.8 Å². The average molecular weight is 251 g/mol. The van der Waals surface area contributed by atoms with Crippen molar-refractivity contribution >= 4 is 34.5 Å². The van der Waals surface area contributed by atoms with Crippen LogP contribution in [0.5, 0.6) is 0 Å². The van der Waals surface area contributed by atoms with Gasteiger partial charge < -0.3 is 4.74 Å². The zero-order valence-corrected chi connectivity index (χ0v) is 10.1. The molecule has 1 unspecified atom stereocenters. The minimum atomic E-state index is -0.133. The van der Waals surface area contributed by atoms with E-state index >= 15 is 0 Å². The molecular formula is C10H12Cl2OS. The number of thiophene rings is 1. The van der Waals surface area contributed by atoms with E-state index in [-0.39, 0.29) is 5.60 Å². The van der Waals surface area contributed by atoms with Crippen LogP contribution in [0.4, 0.5) is 0 Å². The van der Waals surface area contributed by atoms with Gasteiger partial charge in [-0.15, -0.1) is 22.9 Å². The van der Waals surface area contributed by atoms with Crippen molar-refractivity contribution in [3.05, 3.63) is 21.3 Å². The van der Waals surface area contributed by atoms with Crippen molar-refractivity contribution in [2.24, 2.45) is 0 Å². The predicted octanol–water partition coefficient (Wildman–Crippen LogP) is 3.73. The molecule has 14 heavy (non-hydrogen) atoms. The van der Waals surface area contributed by atoms with Crippen LogP contribution in [0.25, 0.3) is 0 Å². The van der Waals surface area contributed by atoms with E-state index in [1.54, 1.807) is 11.3 Å². The van der Waals surface area contributed by atoms with Crippen LogP contribution in [0.1, 0.15) is 18.4 Å². The van der Waals surface area contributed by atoms with Crippen LogP contribution in [0.15, 0.2) is 11.4 Å². The normalized spacial score (nSPS) is 27.0. The van der Waals surface area contributed by atoms with E-state index in [1.807, 2.05) is 6.07 Å². The number of hydrogen-bond acceptors (Lipinski definition) is 2. The average Bonchev–Trinajstić information content (AvgIpc) is 2.77. The van der Waals surface area contributed by atoms with Gasteiger partial charge in [0.25, 0.3) is 0 Å². The molecule has 2 heterocycles. The topological polar surface area (TPSA) is 9.23 Å². The second-order valence-corrected chi connectivity index (χ2v) is 5.51. The molecule has 0 saturated carbocycles. The minimum Gasteiger partial charge on any atom is -0.373 e. The lowest BCUT2D eigenvalue weighted by Gasteiger charge is -2.25. The highest BCUT2D eigenvalue weighted by molar-refractivity contribution is 7.14. The Morgan fingerprint density at radius 1 is 1.57 bits per heavy atom. The predicted molar refractivity (Wildman–Crippen MR) is 61.7 cm³/mol. The molecule has 0 bridgehead atoms. The molecular weight excluding hydrogens is 239 g/mol. The van der Waals surface area contributed by atoms with Gasteiger partial charge in [0.15, 0.2) is 0 Å². The van der Waals surface area contributed by atoms with Crippen LogP contribution in [0.3, 0.4) is 0 Å². The summed E-state index contributed by atoms with van der Waals surface area (Å²) in [6.45, 7) is 0.838. The molecule has 1 aromatic rings. The minimum absolute atomic E-state index is 0.133. The molecule has 4 heteroatoms. The Bertz CT molecular complexity index is 305. The van der Waals surface area contributed by atoms with Gasteiger partial charge in [0.1, 0.15) is 0 Å². The number of rotatable bonds is 3. The summed E-state index contributed by atoms with van der Waals surface area (Å²) in [6.07, 6.45) is 3.06. The highest BCUT2D eigenvalue weighted by Crippen LogP contribution is 2.32. The van der Waals surface area contributed by atoms with Gasteiger partial charge in [0, 0.05) is 13.0 Å². The van der Waals surface area contributed by atoms with Crippen LogP contribution in [-0.2, 0) is 11.2 Å². The lowest BCUT2D eigenvalue weighted by molar-refractivity contribution is 0.0239. The molecule has 1 fully saturated rings. The molecule has 0 aliphatic carbocycles. The van der Waals surface area contributed by atoms with Crippen molar-refractivity contribution in [2.75, 3.05) is 12.5 Å². The van der Waals surface area contributed by atoms with Crippen molar-refractivity contribution in [1.82, 2.24) is 0 Å². The quantitative estimate of drug-likeness (QED) is 0.744. The summed E-state index contributed by atoms with van der Waals surface area (Å²) >= 11 is 13.4. The first-order chi connectivity index (χ1) is 6.74. The molecule has 0 aromatic carbocycles. The van der Waals surface area contributed by atoms with Gasteiger partial charge in [-0.05, 0) is 29.9 Å². The van der Waals surface area contributed by atoms with E-state index in [4.69, 9.17) is 27.9 Å². The van der Waals surface area contributed by atoms with Gasteiger partial charge in [-0.2, -0.15) is 0 Å². The van der Waals surface area contributed by atoms with Crippen LogP contribution in [-0.4, -0.2) is 18.1 Å². The lowest BCUT2D eigenvalue weighted by Crippen LogP contribution is -2.32. The molecule has 2 rings (SSSR count). The van der Waals surface area contributed by atoms with Crippen LogP contribution in [0, 0.1) is 0 Å². The Morgan fingerprint density at radius 3 is 2.93 bits per heavy atom. The molecule has 1 aliphatic rings. The molecule has 1 aliphatic heterocycles. The van der Waals surface area contributed by atoms with Gasteiger partial charge in [-0.1, -0.05) is 11.6 Å². The smallest absolute Gasteiger partial charge is 0.0931 e. The third kappa shape index (κ3) is 2.25. The van der Waals surface area contributed by atoms with Gasteiger partial charge in [-0.3, -0.25) is 0 Å². The summed E-state index contributed by atoms with van der Waals surface area (Å²) in [5.74, 6) is 0.570. The van der Waals surface area contributed by atoms with Crippen LogP contribution in [0.2, 0.25) is 4.34 Å². The first-order valence-corrected chi connectivity index (χ1v) is 6.46. The van der Waals surface area contributed by atoms with Crippen molar-refractivity contribution in [2.45, 2.75) is 24.9 Å². The molecule has 1 nitrogen and oxygen atoms in total. The summed E-state index contributed by atoms with van der Waals surface area (Å²) in [6, 6.07) is 2.00. The second-order valence-electron chi connectivity index (χ2n) is 3.70. The SMILES string of the molecule is ClCC1(Cc2csc(Cl)c2)CCCO1. The van der Waals surface area contributed by atoms with E-state index < -0.39 is 0 Å². The molecule has 0 radical (unpaired) electrons. The monoisotopic (exact) mass is 250 g/mol. The Kier molecular flexibility index (Phi) is 3.38. The summed E-state index contributed by atoms with van der Waals surface area (Å²) in [5, 5.41) is 2.08. The van der Waals surface area contributed by atoms with Crippen LogP contribution < -0.4 is 0 Å². The maximum atomic E-state index is 5.97. The standard InChI is InChI=1S/C10H12Cl2OS/c11-7-10(2-1-3-13-10)5-8-4-9(12)14-6-8/h4,6H,1-3,5,7H2. The van der Waals surface area contributed by atoms with Crippen molar-refractivity contribution < 1.29 is 4.74 Å². The Balaban J connectivity index is 2.08. The van der Waals surface area contributed by atoms with E-state index in [9.17, 15) is 0 Å². The number of halogens is 2. The Labute approximate surface area is 98.0 Å². The second kappa shape index (κ2) is 4.40. The van der Waals surface area contributed by atoms with Crippen molar-refractivity contribution in [1.29, 1.82) is 0 Å². The number of hydrogen-bond donors (Lipinski definition) is 0.